The van der Waals surface area contributed by atoms with E-state index in [1.165, 1.54) is 62.5 Å². The predicted molar refractivity (Wildman–Crippen MR) is 92.6 cm³/mol. The van der Waals surface area contributed by atoms with Crippen molar-refractivity contribution in [2.75, 3.05) is 0 Å². The Balaban J connectivity index is 1.88. The van der Waals surface area contributed by atoms with Crippen LogP contribution in [-0.2, 0) is 6.42 Å². The van der Waals surface area contributed by atoms with Gasteiger partial charge in [-0.3, -0.25) is 0 Å². The lowest BCUT2D eigenvalue weighted by molar-refractivity contribution is 0.316. The summed E-state index contributed by atoms with van der Waals surface area (Å²) < 4.78 is 0. The summed E-state index contributed by atoms with van der Waals surface area (Å²) in [5.41, 5.74) is 2.89. The molecule has 0 aliphatic heterocycles. The van der Waals surface area contributed by atoms with Crippen molar-refractivity contribution in [1.29, 1.82) is 0 Å². The highest BCUT2D eigenvalue weighted by molar-refractivity contribution is 5.24. The zero-order valence-corrected chi connectivity index (χ0v) is 14.2. The summed E-state index contributed by atoms with van der Waals surface area (Å²) in [6, 6.07) is 10.3. The molecule has 1 saturated carbocycles. The van der Waals surface area contributed by atoms with Crippen LogP contribution in [0.1, 0.15) is 82.9 Å². The summed E-state index contributed by atoms with van der Waals surface area (Å²) >= 11 is 0. The first-order valence-electron chi connectivity index (χ1n) is 9.05. The topological polar surface area (TPSA) is 12.0 Å². The van der Waals surface area contributed by atoms with Gasteiger partial charge in [-0.1, -0.05) is 63.3 Å². The summed E-state index contributed by atoms with van der Waals surface area (Å²) in [6.07, 6.45) is 11.0. The largest absolute Gasteiger partial charge is 0.307 e. The van der Waals surface area contributed by atoms with Crippen molar-refractivity contribution in [3.05, 3.63) is 35.4 Å². The van der Waals surface area contributed by atoms with E-state index in [4.69, 9.17) is 0 Å². The fourth-order valence-electron chi connectivity index (χ4n) is 3.70. The second kappa shape index (κ2) is 8.58. The van der Waals surface area contributed by atoms with Crippen molar-refractivity contribution in [2.24, 2.45) is 5.92 Å². The van der Waals surface area contributed by atoms with Crippen molar-refractivity contribution in [2.45, 2.75) is 84.2 Å². The van der Waals surface area contributed by atoms with E-state index in [-0.39, 0.29) is 0 Å². The number of nitrogens with one attached hydrogen (secondary N) is 1. The first-order chi connectivity index (χ1) is 10.2. The molecule has 1 fully saturated rings. The Morgan fingerprint density at radius 1 is 1.00 bits per heavy atom. The monoisotopic (exact) mass is 287 g/mol. The second-order valence-corrected chi connectivity index (χ2v) is 6.92. The molecule has 1 heteroatoms. The predicted octanol–water partition coefficient (Wildman–Crippen LogP) is 5.65. The highest BCUT2D eigenvalue weighted by atomic mass is 14.9. The van der Waals surface area contributed by atoms with E-state index in [9.17, 15) is 0 Å². The summed E-state index contributed by atoms with van der Waals surface area (Å²) in [5, 5.41) is 3.85. The Morgan fingerprint density at radius 3 is 2.19 bits per heavy atom. The molecule has 0 heterocycles. The van der Waals surface area contributed by atoms with Crippen molar-refractivity contribution in [3.8, 4) is 0 Å². The van der Waals surface area contributed by atoms with Crippen LogP contribution >= 0.6 is 0 Å². The highest BCUT2D eigenvalue weighted by Crippen LogP contribution is 2.27. The molecular weight excluding hydrogens is 254 g/mol. The van der Waals surface area contributed by atoms with Gasteiger partial charge >= 0.3 is 0 Å². The van der Waals surface area contributed by atoms with Gasteiger partial charge in [0.25, 0.3) is 0 Å². The minimum Gasteiger partial charge on any atom is -0.307 e. The maximum absolute atomic E-state index is 3.85. The summed E-state index contributed by atoms with van der Waals surface area (Å²) in [6.45, 7) is 6.94. The van der Waals surface area contributed by atoms with Gasteiger partial charge in [0.2, 0.25) is 0 Å². The van der Waals surface area contributed by atoms with Crippen LogP contribution in [0.4, 0.5) is 0 Å². The van der Waals surface area contributed by atoms with Crippen LogP contribution in [0.3, 0.4) is 0 Å². The van der Waals surface area contributed by atoms with Crippen LogP contribution in [0.2, 0.25) is 0 Å². The summed E-state index contributed by atoms with van der Waals surface area (Å²) in [4.78, 5) is 0. The fourth-order valence-corrected chi connectivity index (χ4v) is 3.70. The minimum absolute atomic E-state index is 0.457. The minimum atomic E-state index is 0.457. The number of hydrogen-bond donors (Lipinski definition) is 1. The third-order valence-electron chi connectivity index (χ3n) is 5.14. The average molecular weight is 287 g/mol. The third kappa shape index (κ3) is 5.14. The molecule has 0 spiro atoms. The van der Waals surface area contributed by atoms with Crippen molar-refractivity contribution in [3.63, 3.8) is 0 Å². The smallest absolute Gasteiger partial charge is 0.0294 e. The van der Waals surface area contributed by atoms with Gasteiger partial charge in [0, 0.05) is 12.1 Å². The van der Waals surface area contributed by atoms with Gasteiger partial charge in [0.1, 0.15) is 0 Å². The molecule has 1 aromatic rings. The van der Waals surface area contributed by atoms with Gasteiger partial charge in [-0.05, 0) is 50.2 Å². The molecule has 1 aliphatic rings. The maximum atomic E-state index is 3.85. The van der Waals surface area contributed by atoms with E-state index in [0.717, 1.165) is 5.92 Å². The van der Waals surface area contributed by atoms with E-state index in [1.807, 2.05) is 0 Å². The van der Waals surface area contributed by atoms with Crippen LogP contribution in [0.25, 0.3) is 0 Å². The quantitative estimate of drug-likeness (QED) is 0.667. The molecule has 2 atom stereocenters. The van der Waals surface area contributed by atoms with E-state index < -0.39 is 0 Å². The van der Waals surface area contributed by atoms with Crippen LogP contribution in [-0.4, -0.2) is 6.04 Å². The zero-order valence-electron chi connectivity index (χ0n) is 14.2. The molecule has 1 aliphatic carbocycles. The third-order valence-corrected chi connectivity index (χ3v) is 5.14. The molecule has 0 bridgehead atoms. The number of aryl methyl sites for hydroxylation is 1. The second-order valence-electron chi connectivity index (χ2n) is 6.92. The molecule has 1 unspecified atom stereocenters. The Hall–Kier alpha value is -0.820. The highest BCUT2D eigenvalue weighted by Gasteiger charge is 2.20. The molecule has 1 aromatic carbocycles. The molecule has 2 rings (SSSR count). The van der Waals surface area contributed by atoms with Gasteiger partial charge in [-0.15, -0.1) is 0 Å². The summed E-state index contributed by atoms with van der Waals surface area (Å²) in [7, 11) is 0. The maximum Gasteiger partial charge on any atom is 0.0294 e. The lowest BCUT2D eigenvalue weighted by atomic mass is 9.92. The molecule has 0 radical (unpaired) electrons. The van der Waals surface area contributed by atoms with E-state index in [1.54, 1.807) is 0 Å². The SMILES string of the molecule is CCCc1ccc(C(C)N[C@@H](C)C2CCCCCC2)cc1. The van der Waals surface area contributed by atoms with E-state index in [0.29, 0.717) is 12.1 Å². The molecule has 118 valence electrons. The first-order valence-corrected chi connectivity index (χ1v) is 9.05. The molecular formula is C20H33N. The molecule has 0 aromatic heterocycles. The number of benzene rings is 1. The Kier molecular flexibility index (Phi) is 6.76. The molecule has 1 N–H and O–H groups in total. The fraction of sp³-hybridized carbons (Fsp3) is 0.700. The first kappa shape index (κ1) is 16.5. The standard InChI is InChI=1S/C20H33N/c1-4-9-18-12-14-20(15-13-18)17(3)21-16(2)19-10-7-5-6-8-11-19/h12-17,19,21H,4-11H2,1-3H3/t16-,17?/m0/s1. The molecule has 0 saturated heterocycles. The lowest BCUT2D eigenvalue weighted by Crippen LogP contribution is -2.35. The molecule has 21 heavy (non-hydrogen) atoms. The van der Waals surface area contributed by atoms with E-state index in [2.05, 4.69) is 50.4 Å². The Bertz CT molecular complexity index is 387. The normalized spacial score (nSPS) is 20.0. The zero-order chi connectivity index (χ0) is 15.1. The van der Waals surface area contributed by atoms with Gasteiger partial charge in [0.05, 0.1) is 0 Å². The summed E-state index contributed by atoms with van der Waals surface area (Å²) in [5.74, 6) is 0.870. The number of rotatable bonds is 6. The van der Waals surface area contributed by atoms with Crippen molar-refractivity contribution in [1.82, 2.24) is 5.32 Å². The van der Waals surface area contributed by atoms with Crippen LogP contribution in [0, 0.1) is 5.92 Å². The van der Waals surface area contributed by atoms with Crippen LogP contribution < -0.4 is 5.32 Å². The van der Waals surface area contributed by atoms with Gasteiger partial charge < -0.3 is 5.32 Å². The van der Waals surface area contributed by atoms with E-state index >= 15 is 0 Å². The van der Waals surface area contributed by atoms with Gasteiger partial charge in [-0.2, -0.15) is 0 Å². The molecule has 0 amide bonds. The van der Waals surface area contributed by atoms with Crippen LogP contribution in [0.5, 0.6) is 0 Å². The lowest BCUT2D eigenvalue weighted by Gasteiger charge is -2.27. The molecule has 1 nitrogen and oxygen atoms in total. The Labute approximate surface area is 131 Å². The van der Waals surface area contributed by atoms with Gasteiger partial charge in [0.15, 0.2) is 0 Å². The van der Waals surface area contributed by atoms with Gasteiger partial charge in [-0.25, -0.2) is 0 Å². The number of hydrogen-bond acceptors (Lipinski definition) is 1. The van der Waals surface area contributed by atoms with Crippen molar-refractivity contribution >= 4 is 0 Å². The van der Waals surface area contributed by atoms with Crippen LogP contribution in [0.15, 0.2) is 24.3 Å². The van der Waals surface area contributed by atoms with Crippen molar-refractivity contribution < 1.29 is 0 Å². The average Bonchev–Trinajstić information content (AvgIpc) is 2.77. The Morgan fingerprint density at radius 2 is 1.62 bits per heavy atom.